The second-order valence-electron chi connectivity index (χ2n) is 13.6. The Labute approximate surface area is 282 Å². The molecule has 1 aromatic carbocycles. The number of aromatic nitrogens is 2. The zero-order valence-corrected chi connectivity index (χ0v) is 28.5. The highest BCUT2D eigenvalue weighted by molar-refractivity contribution is 6.04. The molecule has 4 aliphatic rings. The number of esters is 1. The number of carbonyl (C=O) groups excluding carboxylic acids is 3. The first kappa shape index (κ1) is 33.9. The van der Waals surface area contributed by atoms with Crippen LogP contribution in [-0.2, 0) is 14.3 Å². The van der Waals surface area contributed by atoms with E-state index in [1.54, 1.807) is 43.5 Å². The zero-order chi connectivity index (χ0) is 33.8. The van der Waals surface area contributed by atoms with E-state index < -0.39 is 6.04 Å². The number of rotatable bonds is 12. The van der Waals surface area contributed by atoms with Crippen LogP contribution in [0.1, 0.15) is 87.9 Å². The van der Waals surface area contributed by atoms with Crippen molar-refractivity contribution < 1.29 is 23.9 Å². The van der Waals surface area contributed by atoms with Gasteiger partial charge in [0.25, 0.3) is 5.91 Å². The summed E-state index contributed by atoms with van der Waals surface area (Å²) in [6.45, 7) is 4.24. The summed E-state index contributed by atoms with van der Waals surface area (Å²) in [4.78, 5) is 54.4. The number of carbonyl (C=O) groups is 3. The number of ether oxygens (including phenoxy) is 2. The first-order valence-corrected chi connectivity index (χ1v) is 17.6. The molecule has 0 spiro atoms. The van der Waals surface area contributed by atoms with Gasteiger partial charge in [-0.25, -0.2) is 4.98 Å². The van der Waals surface area contributed by atoms with Crippen molar-refractivity contribution in [1.29, 1.82) is 0 Å². The lowest BCUT2D eigenvalue weighted by atomic mass is 10.0. The van der Waals surface area contributed by atoms with E-state index in [1.165, 1.54) is 0 Å². The second-order valence-corrected chi connectivity index (χ2v) is 13.6. The van der Waals surface area contributed by atoms with E-state index in [1.807, 2.05) is 6.92 Å². The molecule has 6 rings (SSSR count). The molecule has 4 N–H and O–H groups in total. The van der Waals surface area contributed by atoms with Crippen LogP contribution < -0.4 is 30.9 Å². The SMILES string of the molecule is CCC1C(=O)N(C)c2cnc(Nc3ccc(C(=O)NC4CCN(CCC(N)C(=O)OC5CCCC5)C4)cc3OC)nc2N1C1CCCC1. The lowest BCUT2D eigenvalue weighted by molar-refractivity contribution is -0.150. The Morgan fingerprint density at radius 1 is 1.10 bits per heavy atom. The number of nitrogens with one attached hydrogen (secondary N) is 2. The van der Waals surface area contributed by atoms with E-state index in [-0.39, 0.29) is 42.0 Å². The lowest BCUT2D eigenvalue weighted by Crippen LogP contribution is -2.55. The van der Waals surface area contributed by atoms with Crippen molar-refractivity contribution in [2.45, 2.75) is 108 Å². The molecule has 2 amide bonds. The molecule has 13 nitrogen and oxygen atoms in total. The molecule has 0 radical (unpaired) electrons. The van der Waals surface area contributed by atoms with Crippen molar-refractivity contribution in [3.63, 3.8) is 0 Å². The van der Waals surface area contributed by atoms with Gasteiger partial charge in [0, 0.05) is 44.3 Å². The molecule has 48 heavy (non-hydrogen) atoms. The summed E-state index contributed by atoms with van der Waals surface area (Å²) < 4.78 is 11.2. The molecule has 1 saturated heterocycles. The van der Waals surface area contributed by atoms with Crippen LogP contribution >= 0.6 is 0 Å². The smallest absolute Gasteiger partial charge is 0.323 e. The molecule has 0 bridgehead atoms. The van der Waals surface area contributed by atoms with E-state index in [4.69, 9.17) is 20.2 Å². The molecule has 2 aliphatic carbocycles. The molecule has 260 valence electrons. The van der Waals surface area contributed by atoms with Gasteiger partial charge in [0.2, 0.25) is 11.9 Å². The van der Waals surface area contributed by atoms with Gasteiger partial charge < -0.3 is 40.5 Å². The van der Waals surface area contributed by atoms with Gasteiger partial charge in [-0.3, -0.25) is 14.4 Å². The Morgan fingerprint density at radius 3 is 2.58 bits per heavy atom. The normalized spacial score (nSPS) is 22.5. The van der Waals surface area contributed by atoms with Crippen LogP contribution in [0.5, 0.6) is 5.75 Å². The summed E-state index contributed by atoms with van der Waals surface area (Å²) in [7, 11) is 3.35. The Bertz CT molecular complexity index is 1480. The summed E-state index contributed by atoms with van der Waals surface area (Å²) in [6, 6.07) is 4.64. The van der Waals surface area contributed by atoms with Crippen molar-refractivity contribution in [3.8, 4) is 5.75 Å². The number of hydrogen-bond donors (Lipinski definition) is 3. The highest BCUT2D eigenvalue weighted by Crippen LogP contribution is 2.40. The average Bonchev–Trinajstić information content (AvgIpc) is 3.90. The summed E-state index contributed by atoms with van der Waals surface area (Å²) in [5.41, 5.74) is 7.94. The summed E-state index contributed by atoms with van der Waals surface area (Å²) in [6.07, 6.45) is 12.2. The maximum absolute atomic E-state index is 13.3. The predicted octanol–water partition coefficient (Wildman–Crippen LogP) is 3.74. The Balaban J connectivity index is 1.06. The van der Waals surface area contributed by atoms with Crippen LogP contribution in [0.3, 0.4) is 0 Å². The molecule has 1 aromatic heterocycles. The van der Waals surface area contributed by atoms with E-state index in [2.05, 4.69) is 25.4 Å². The Morgan fingerprint density at radius 2 is 1.85 bits per heavy atom. The van der Waals surface area contributed by atoms with Gasteiger partial charge in [0.1, 0.15) is 29.6 Å². The van der Waals surface area contributed by atoms with Crippen molar-refractivity contribution in [3.05, 3.63) is 30.0 Å². The molecular formula is C35H50N8O5. The molecule has 2 aromatic rings. The van der Waals surface area contributed by atoms with Crippen LogP contribution in [-0.4, -0.2) is 96.7 Å². The van der Waals surface area contributed by atoms with E-state index >= 15 is 0 Å². The maximum atomic E-state index is 13.3. The van der Waals surface area contributed by atoms with Gasteiger partial charge in [-0.05, 0) is 76.0 Å². The second kappa shape index (κ2) is 15.1. The molecule has 2 aliphatic heterocycles. The van der Waals surface area contributed by atoms with Gasteiger partial charge in [-0.15, -0.1) is 0 Å². The van der Waals surface area contributed by atoms with Crippen molar-refractivity contribution in [2.75, 3.05) is 48.9 Å². The van der Waals surface area contributed by atoms with E-state index in [9.17, 15) is 14.4 Å². The lowest BCUT2D eigenvalue weighted by Gasteiger charge is -2.43. The van der Waals surface area contributed by atoms with Gasteiger partial charge in [0.05, 0.1) is 19.0 Å². The fraction of sp³-hybridized carbons (Fsp3) is 0.629. The molecule has 3 fully saturated rings. The fourth-order valence-electron chi connectivity index (χ4n) is 7.62. The molecule has 3 atom stereocenters. The third-order valence-corrected chi connectivity index (χ3v) is 10.4. The summed E-state index contributed by atoms with van der Waals surface area (Å²) in [5.74, 6) is 1.22. The Hall–Kier alpha value is -3.97. The largest absolute Gasteiger partial charge is 0.495 e. The van der Waals surface area contributed by atoms with Crippen molar-refractivity contribution in [2.24, 2.45) is 5.73 Å². The molecular weight excluding hydrogens is 612 g/mol. The third kappa shape index (κ3) is 7.36. The first-order valence-electron chi connectivity index (χ1n) is 17.6. The highest BCUT2D eigenvalue weighted by atomic mass is 16.5. The summed E-state index contributed by atoms with van der Waals surface area (Å²) in [5, 5.41) is 6.43. The number of nitrogens with two attached hydrogens (primary N) is 1. The monoisotopic (exact) mass is 662 g/mol. The number of fused-ring (bicyclic) bond motifs is 1. The minimum atomic E-state index is -0.629. The fourth-order valence-corrected chi connectivity index (χ4v) is 7.62. The van der Waals surface area contributed by atoms with Crippen LogP contribution in [0.2, 0.25) is 0 Å². The van der Waals surface area contributed by atoms with Crippen LogP contribution in [0.15, 0.2) is 24.4 Å². The van der Waals surface area contributed by atoms with Gasteiger partial charge in [0.15, 0.2) is 5.82 Å². The number of likely N-dealkylation sites (tertiary alicyclic amines) is 1. The molecule has 3 heterocycles. The van der Waals surface area contributed by atoms with Crippen LogP contribution in [0.25, 0.3) is 0 Å². The van der Waals surface area contributed by atoms with E-state index in [0.717, 1.165) is 70.2 Å². The number of likely N-dealkylation sites (N-methyl/N-ethyl adjacent to an activating group) is 1. The van der Waals surface area contributed by atoms with Gasteiger partial charge >= 0.3 is 5.97 Å². The number of hydrogen-bond acceptors (Lipinski definition) is 11. The first-order chi connectivity index (χ1) is 23.2. The van der Waals surface area contributed by atoms with Crippen LogP contribution in [0, 0.1) is 0 Å². The molecule has 3 unspecified atom stereocenters. The number of benzene rings is 1. The number of nitrogens with zero attached hydrogens (tertiary/aromatic N) is 5. The Kier molecular flexibility index (Phi) is 10.6. The highest BCUT2D eigenvalue weighted by Gasteiger charge is 2.41. The summed E-state index contributed by atoms with van der Waals surface area (Å²) >= 11 is 0. The van der Waals surface area contributed by atoms with Crippen molar-refractivity contribution >= 4 is 40.9 Å². The van der Waals surface area contributed by atoms with Gasteiger partial charge in [-0.1, -0.05) is 19.8 Å². The number of anilines is 4. The minimum absolute atomic E-state index is 0.00775. The third-order valence-electron chi connectivity index (χ3n) is 10.4. The predicted molar refractivity (Wildman–Crippen MR) is 184 cm³/mol. The molecule has 13 heteroatoms. The molecule has 2 saturated carbocycles. The van der Waals surface area contributed by atoms with Crippen LogP contribution in [0.4, 0.5) is 23.1 Å². The van der Waals surface area contributed by atoms with Gasteiger partial charge in [-0.2, -0.15) is 4.98 Å². The average molecular weight is 663 g/mol. The number of methoxy groups -OCH3 is 1. The van der Waals surface area contributed by atoms with Crippen molar-refractivity contribution in [1.82, 2.24) is 20.2 Å². The topological polar surface area (TPSA) is 155 Å². The standard InChI is InChI=1S/C35H50N8O5/c1-4-28-33(45)41(2)29-20-37-35(40-31(29)43(28)24-9-5-6-10-24)39-27-14-13-22(19-30(27)47-3)32(44)38-23-15-17-42(21-23)18-16-26(36)34(46)48-25-11-7-8-12-25/h13-14,19-20,23-26,28H,4-12,15-18,21,36H2,1-3H3,(H,38,44)(H,37,39,40). The van der Waals surface area contributed by atoms with E-state index in [0.29, 0.717) is 54.6 Å². The minimum Gasteiger partial charge on any atom is -0.495 e. The quantitative estimate of drug-likeness (QED) is 0.285. The number of amides is 2. The maximum Gasteiger partial charge on any atom is 0.323 e. The zero-order valence-electron chi connectivity index (χ0n) is 28.5.